The van der Waals surface area contributed by atoms with E-state index in [-0.39, 0.29) is 6.61 Å². The minimum atomic E-state index is -0.524. The highest BCUT2D eigenvalue weighted by atomic mass is 16.6. The van der Waals surface area contributed by atoms with Crippen LogP contribution in [0.5, 0.6) is 11.5 Å². The molecule has 0 bridgehead atoms. The molecule has 0 saturated heterocycles. The molecule has 1 aromatic heterocycles. The van der Waals surface area contributed by atoms with E-state index in [9.17, 15) is 4.79 Å². The van der Waals surface area contributed by atoms with Crippen molar-refractivity contribution in [3.05, 3.63) is 59.3 Å². The Morgan fingerprint density at radius 1 is 1.06 bits per heavy atom. The van der Waals surface area contributed by atoms with Crippen LogP contribution in [0.25, 0.3) is 11.0 Å². The molecule has 31 heavy (non-hydrogen) atoms. The predicted octanol–water partition coefficient (Wildman–Crippen LogP) is 3.53. The van der Waals surface area contributed by atoms with E-state index in [1.54, 1.807) is 21.3 Å². The van der Waals surface area contributed by atoms with Crippen LogP contribution in [0, 0.1) is 0 Å². The van der Waals surface area contributed by atoms with Crippen LogP contribution in [0.4, 0.5) is 5.95 Å². The number of carbonyl (C=O) groups is 1. The Kier molecular flexibility index (Phi) is 5.81. The molecule has 0 saturated carbocycles. The molecule has 2 heterocycles. The van der Waals surface area contributed by atoms with E-state index in [1.807, 2.05) is 54.0 Å². The number of aromatic nitrogens is 2. The van der Waals surface area contributed by atoms with Gasteiger partial charge < -0.3 is 24.3 Å². The van der Waals surface area contributed by atoms with Gasteiger partial charge in [0.2, 0.25) is 5.95 Å². The van der Waals surface area contributed by atoms with Crippen molar-refractivity contribution in [3.63, 3.8) is 0 Å². The smallest absolute Gasteiger partial charge is 0.338 e. The Bertz CT molecular complexity index is 1150. The summed E-state index contributed by atoms with van der Waals surface area (Å²) in [5.74, 6) is 1.34. The monoisotopic (exact) mass is 423 g/mol. The lowest BCUT2D eigenvalue weighted by Crippen LogP contribution is -2.29. The van der Waals surface area contributed by atoms with Gasteiger partial charge in [-0.2, -0.15) is 0 Å². The molecule has 162 valence electrons. The van der Waals surface area contributed by atoms with Crippen LogP contribution in [-0.4, -0.2) is 50.1 Å². The summed E-state index contributed by atoms with van der Waals surface area (Å²) in [6.07, 6.45) is 0. The summed E-state index contributed by atoms with van der Waals surface area (Å²) in [6.45, 7) is 2.32. The highest BCUT2D eigenvalue weighted by Crippen LogP contribution is 2.45. The topological polar surface area (TPSA) is 83.8 Å². The number of nitrogens with zero attached hydrogens (tertiary/aromatic N) is 2. The van der Waals surface area contributed by atoms with Gasteiger partial charge in [-0.3, -0.25) is 4.57 Å². The van der Waals surface area contributed by atoms with E-state index in [2.05, 4.69) is 5.32 Å². The quantitative estimate of drug-likeness (QED) is 0.460. The number of esters is 1. The second-order valence-corrected chi connectivity index (χ2v) is 7.07. The van der Waals surface area contributed by atoms with E-state index in [1.165, 1.54) is 0 Å². The maximum Gasteiger partial charge on any atom is 0.338 e. The number of imidazole rings is 1. The zero-order valence-electron chi connectivity index (χ0n) is 18.0. The number of methoxy groups -OCH3 is 3. The van der Waals surface area contributed by atoms with Gasteiger partial charge in [0.15, 0.2) is 11.5 Å². The molecule has 2 aromatic carbocycles. The third-order valence-corrected chi connectivity index (χ3v) is 5.30. The van der Waals surface area contributed by atoms with Crippen molar-refractivity contribution in [1.29, 1.82) is 0 Å². The number of benzene rings is 2. The van der Waals surface area contributed by atoms with Gasteiger partial charge in [-0.15, -0.1) is 0 Å². The number of fused-ring (bicyclic) bond motifs is 3. The number of carbonyl (C=O) groups excluding carboxylic acids is 1. The molecular weight excluding hydrogens is 398 g/mol. The third-order valence-electron chi connectivity index (χ3n) is 5.30. The first-order chi connectivity index (χ1) is 15.1. The van der Waals surface area contributed by atoms with Gasteiger partial charge in [0.25, 0.3) is 0 Å². The van der Waals surface area contributed by atoms with Crippen LogP contribution in [-0.2, 0) is 14.3 Å². The molecule has 0 fully saturated rings. The van der Waals surface area contributed by atoms with Crippen molar-refractivity contribution in [3.8, 4) is 11.5 Å². The number of nitrogens with one attached hydrogen (secondary N) is 1. The molecule has 8 nitrogen and oxygen atoms in total. The van der Waals surface area contributed by atoms with Crippen LogP contribution < -0.4 is 14.8 Å². The van der Waals surface area contributed by atoms with Gasteiger partial charge in [0.1, 0.15) is 6.61 Å². The number of para-hydroxylation sites is 3. The van der Waals surface area contributed by atoms with E-state index in [4.69, 9.17) is 23.9 Å². The SMILES string of the molecule is COCCOC(=O)C1=C(C)Nc2nc3ccccc3n2[C@H]1c1cccc(OC)c1OC. The first-order valence-electron chi connectivity index (χ1n) is 9.92. The Morgan fingerprint density at radius 2 is 1.87 bits per heavy atom. The first-order valence-corrected chi connectivity index (χ1v) is 9.92. The minimum Gasteiger partial charge on any atom is -0.493 e. The van der Waals surface area contributed by atoms with E-state index in [0.29, 0.717) is 35.3 Å². The molecule has 4 rings (SSSR count). The first kappa shape index (κ1) is 20.7. The van der Waals surface area contributed by atoms with Gasteiger partial charge in [0.05, 0.1) is 43.5 Å². The predicted molar refractivity (Wildman–Crippen MR) is 117 cm³/mol. The van der Waals surface area contributed by atoms with E-state index >= 15 is 0 Å². The maximum absolute atomic E-state index is 13.2. The van der Waals surface area contributed by atoms with Crippen molar-refractivity contribution in [2.75, 3.05) is 39.9 Å². The number of anilines is 1. The summed E-state index contributed by atoms with van der Waals surface area (Å²) >= 11 is 0. The van der Waals surface area contributed by atoms with Crippen molar-refractivity contribution >= 4 is 23.0 Å². The van der Waals surface area contributed by atoms with Crippen LogP contribution in [0.15, 0.2) is 53.7 Å². The van der Waals surface area contributed by atoms with Crippen LogP contribution >= 0.6 is 0 Å². The fourth-order valence-electron chi connectivity index (χ4n) is 3.95. The lowest BCUT2D eigenvalue weighted by Gasteiger charge is -2.31. The average molecular weight is 423 g/mol. The normalized spacial score (nSPS) is 15.4. The summed E-state index contributed by atoms with van der Waals surface area (Å²) in [4.78, 5) is 17.9. The Balaban J connectivity index is 1.94. The maximum atomic E-state index is 13.2. The second-order valence-electron chi connectivity index (χ2n) is 7.07. The highest BCUT2D eigenvalue weighted by Gasteiger charge is 2.37. The molecule has 0 unspecified atom stereocenters. The van der Waals surface area contributed by atoms with Gasteiger partial charge >= 0.3 is 5.97 Å². The van der Waals surface area contributed by atoms with E-state index in [0.717, 1.165) is 16.6 Å². The Morgan fingerprint density at radius 3 is 2.61 bits per heavy atom. The summed E-state index contributed by atoms with van der Waals surface area (Å²) in [5, 5.41) is 3.26. The van der Waals surface area contributed by atoms with Crippen molar-refractivity contribution in [2.45, 2.75) is 13.0 Å². The zero-order valence-corrected chi connectivity index (χ0v) is 18.0. The average Bonchev–Trinajstić information content (AvgIpc) is 3.15. The van der Waals surface area contributed by atoms with Gasteiger partial charge in [-0.05, 0) is 25.1 Å². The Labute approximate surface area is 180 Å². The summed E-state index contributed by atoms with van der Waals surface area (Å²) < 4.78 is 23.8. The molecule has 1 aliphatic rings. The molecule has 1 aliphatic heterocycles. The number of allylic oxidation sites excluding steroid dienone is 1. The van der Waals surface area contributed by atoms with Gasteiger partial charge in [-0.25, -0.2) is 9.78 Å². The molecule has 0 amide bonds. The highest BCUT2D eigenvalue weighted by molar-refractivity contribution is 5.94. The lowest BCUT2D eigenvalue weighted by atomic mass is 9.94. The number of hydrogen-bond donors (Lipinski definition) is 1. The van der Waals surface area contributed by atoms with Crippen LogP contribution in [0.1, 0.15) is 18.5 Å². The molecule has 0 aliphatic carbocycles. The minimum absolute atomic E-state index is 0.158. The molecule has 3 aromatic rings. The number of ether oxygens (including phenoxy) is 4. The molecule has 0 radical (unpaired) electrons. The number of hydrogen-bond acceptors (Lipinski definition) is 7. The number of rotatable bonds is 7. The fourth-order valence-corrected chi connectivity index (χ4v) is 3.95. The summed E-state index contributed by atoms with van der Waals surface area (Å²) in [5.41, 5.74) is 3.61. The van der Waals surface area contributed by atoms with Crippen molar-refractivity contribution in [2.24, 2.45) is 0 Å². The second kappa shape index (κ2) is 8.69. The van der Waals surface area contributed by atoms with Gasteiger partial charge in [-0.1, -0.05) is 24.3 Å². The van der Waals surface area contributed by atoms with Crippen molar-refractivity contribution in [1.82, 2.24) is 9.55 Å². The fraction of sp³-hybridized carbons (Fsp3) is 0.304. The van der Waals surface area contributed by atoms with E-state index < -0.39 is 12.0 Å². The zero-order chi connectivity index (χ0) is 22.0. The summed E-state index contributed by atoms with van der Waals surface area (Å²) in [7, 11) is 4.74. The van der Waals surface area contributed by atoms with Crippen molar-refractivity contribution < 1.29 is 23.7 Å². The van der Waals surface area contributed by atoms with Crippen LogP contribution in [0.2, 0.25) is 0 Å². The molecular formula is C23H25N3O5. The largest absolute Gasteiger partial charge is 0.493 e. The van der Waals surface area contributed by atoms with Crippen LogP contribution in [0.3, 0.4) is 0 Å². The standard InChI is InChI=1S/C23H25N3O5/c1-14-19(22(27)31-13-12-28-2)20(15-8-7-11-18(29-3)21(15)30-4)26-17-10-6-5-9-16(17)25-23(26)24-14/h5-11,20H,12-13H2,1-4H3,(H,24,25)/t20-/m0/s1. The lowest BCUT2D eigenvalue weighted by molar-refractivity contribution is -0.140. The molecule has 1 N–H and O–H groups in total. The molecule has 8 heteroatoms. The molecule has 1 atom stereocenters. The summed E-state index contributed by atoms with van der Waals surface area (Å²) in [6, 6.07) is 12.9. The Hall–Kier alpha value is -3.52. The van der Waals surface area contributed by atoms with Gasteiger partial charge in [0, 0.05) is 18.4 Å². The molecule has 0 spiro atoms. The third kappa shape index (κ3) is 3.59.